The summed E-state index contributed by atoms with van der Waals surface area (Å²) in [6.07, 6.45) is 1.32. The van der Waals surface area contributed by atoms with E-state index in [4.69, 9.17) is 33.6 Å². The number of hydrogen-bond donors (Lipinski definition) is 1. The Morgan fingerprint density at radius 3 is 2.42 bits per heavy atom. The fourth-order valence-corrected chi connectivity index (χ4v) is 1.91. The van der Waals surface area contributed by atoms with Gasteiger partial charge in [0.2, 0.25) is 0 Å². The standard InChI is InChI=1S/C13H12Cl2N2O2/c14-5-6-17(9-15)12-3-1-10(2-4-12)7-11(8-16)13(18)19/h1-4,7H,5-6,9H2,(H,18,19). The zero-order chi connectivity index (χ0) is 14.3. The molecule has 0 aliphatic heterocycles. The second-order valence-corrected chi connectivity index (χ2v) is 4.26. The van der Waals surface area contributed by atoms with E-state index in [1.54, 1.807) is 30.3 Å². The highest BCUT2D eigenvalue weighted by atomic mass is 35.5. The summed E-state index contributed by atoms with van der Waals surface area (Å²) in [6.45, 7) is 0.624. The molecule has 100 valence electrons. The Bertz CT molecular complexity index is 506. The molecule has 0 amide bonds. The molecule has 4 nitrogen and oxygen atoms in total. The molecule has 0 saturated carbocycles. The highest BCUT2D eigenvalue weighted by Gasteiger charge is 2.07. The first-order valence-corrected chi connectivity index (χ1v) is 6.51. The van der Waals surface area contributed by atoms with Crippen LogP contribution in [0.25, 0.3) is 6.08 Å². The number of alkyl halides is 2. The third-order valence-electron chi connectivity index (χ3n) is 2.42. The number of anilines is 1. The molecule has 0 radical (unpaired) electrons. The summed E-state index contributed by atoms with van der Waals surface area (Å²) >= 11 is 11.5. The second-order valence-electron chi connectivity index (χ2n) is 3.64. The van der Waals surface area contributed by atoms with Gasteiger partial charge in [-0.3, -0.25) is 0 Å². The van der Waals surface area contributed by atoms with Crippen LogP contribution in [0.1, 0.15) is 5.56 Å². The molecule has 1 aromatic rings. The maximum absolute atomic E-state index is 10.7. The fraction of sp³-hybridized carbons (Fsp3) is 0.231. The van der Waals surface area contributed by atoms with E-state index < -0.39 is 5.97 Å². The van der Waals surface area contributed by atoms with E-state index in [2.05, 4.69) is 0 Å². The number of carboxylic acids is 1. The van der Waals surface area contributed by atoms with Crippen LogP contribution in [0.5, 0.6) is 0 Å². The number of benzene rings is 1. The van der Waals surface area contributed by atoms with E-state index in [0.29, 0.717) is 24.0 Å². The predicted octanol–water partition coefficient (Wildman–Crippen LogP) is 2.92. The van der Waals surface area contributed by atoms with Gasteiger partial charge in [-0.1, -0.05) is 12.1 Å². The van der Waals surface area contributed by atoms with Crippen LogP contribution < -0.4 is 4.90 Å². The van der Waals surface area contributed by atoms with Crippen LogP contribution in [-0.2, 0) is 4.79 Å². The Morgan fingerprint density at radius 2 is 2.00 bits per heavy atom. The van der Waals surface area contributed by atoms with Gasteiger partial charge < -0.3 is 10.0 Å². The van der Waals surface area contributed by atoms with Gasteiger partial charge in [-0.15, -0.1) is 23.2 Å². The van der Waals surface area contributed by atoms with Crippen LogP contribution in [0.2, 0.25) is 0 Å². The lowest BCUT2D eigenvalue weighted by Gasteiger charge is -2.20. The molecule has 1 aromatic carbocycles. The average Bonchev–Trinajstić information content (AvgIpc) is 2.42. The largest absolute Gasteiger partial charge is 0.477 e. The molecule has 0 aliphatic rings. The summed E-state index contributed by atoms with van der Waals surface area (Å²) in [5.74, 6) is -0.775. The topological polar surface area (TPSA) is 64.3 Å². The quantitative estimate of drug-likeness (QED) is 0.380. The van der Waals surface area contributed by atoms with Crippen molar-refractivity contribution in [1.29, 1.82) is 5.26 Å². The van der Waals surface area contributed by atoms with E-state index >= 15 is 0 Å². The number of carbonyl (C=O) groups is 1. The average molecular weight is 299 g/mol. The molecule has 0 heterocycles. The van der Waals surface area contributed by atoms with Crippen molar-refractivity contribution in [3.8, 4) is 6.07 Å². The molecule has 19 heavy (non-hydrogen) atoms. The van der Waals surface area contributed by atoms with Gasteiger partial charge in [0.15, 0.2) is 0 Å². The minimum Gasteiger partial charge on any atom is -0.477 e. The van der Waals surface area contributed by atoms with Gasteiger partial charge in [0.05, 0.1) is 6.00 Å². The summed E-state index contributed by atoms with van der Waals surface area (Å²) in [6, 6.07) is 9.01. The molecule has 0 aromatic heterocycles. The number of aliphatic carboxylic acids is 1. The van der Waals surface area contributed by atoms with Crippen molar-refractivity contribution in [1.82, 2.24) is 0 Å². The van der Waals surface area contributed by atoms with Gasteiger partial charge in [-0.05, 0) is 23.8 Å². The number of nitriles is 1. The predicted molar refractivity (Wildman–Crippen MR) is 76.5 cm³/mol. The minimum absolute atomic E-state index is 0.303. The zero-order valence-corrected chi connectivity index (χ0v) is 11.5. The van der Waals surface area contributed by atoms with Crippen molar-refractivity contribution in [2.75, 3.05) is 23.3 Å². The van der Waals surface area contributed by atoms with Crippen molar-refractivity contribution in [2.24, 2.45) is 0 Å². The number of carboxylic acid groups (broad SMARTS) is 1. The van der Waals surface area contributed by atoms with Gasteiger partial charge in [0, 0.05) is 18.1 Å². The van der Waals surface area contributed by atoms with Crippen molar-refractivity contribution < 1.29 is 9.90 Å². The van der Waals surface area contributed by atoms with Gasteiger partial charge in [0.1, 0.15) is 11.6 Å². The fourth-order valence-electron chi connectivity index (χ4n) is 1.45. The maximum atomic E-state index is 10.7. The lowest BCUT2D eigenvalue weighted by molar-refractivity contribution is -0.132. The summed E-state index contributed by atoms with van der Waals surface area (Å²) in [7, 11) is 0. The Balaban J connectivity index is 2.93. The highest BCUT2D eigenvalue weighted by molar-refractivity contribution is 6.20. The molecule has 0 unspecified atom stereocenters. The van der Waals surface area contributed by atoms with E-state index in [1.807, 2.05) is 4.90 Å². The Labute approximate surface area is 121 Å². The van der Waals surface area contributed by atoms with Gasteiger partial charge in [-0.2, -0.15) is 5.26 Å². The van der Waals surface area contributed by atoms with Crippen LogP contribution in [0.15, 0.2) is 29.8 Å². The van der Waals surface area contributed by atoms with Crippen molar-refractivity contribution in [2.45, 2.75) is 0 Å². The first-order chi connectivity index (χ1) is 9.12. The van der Waals surface area contributed by atoms with Crippen LogP contribution in [0, 0.1) is 11.3 Å². The molecule has 0 atom stereocenters. The summed E-state index contributed by atoms with van der Waals surface area (Å²) < 4.78 is 0. The summed E-state index contributed by atoms with van der Waals surface area (Å²) in [5, 5.41) is 17.4. The smallest absolute Gasteiger partial charge is 0.346 e. The molecular weight excluding hydrogens is 287 g/mol. The van der Waals surface area contributed by atoms with E-state index in [1.165, 1.54) is 6.08 Å². The van der Waals surface area contributed by atoms with Gasteiger partial charge in [0.25, 0.3) is 0 Å². The Morgan fingerprint density at radius 1 is 1.37 bits per heavy atom. The lowest BCUT2D eigenvalue weighted by atomic mass is 10.1. The third-order valence-corrected chi connectivity index (χ3v) is 2.88. The van der Waals surface area contributed by atoms with Crippen molar-refractivity contribution in [3.05, 3.63) is 35.4 Å². The van der Waals surface area contributed by atoms with Crippen LogP contribution in [-0.4, -0.2) is 29.5 Å². The zero-order valence-electron chi connectivity index (χ0n) is 10.0. The summed E-state index contributed by atoms with van der Waals surface area (Å²) in [4.78, 5) is 12.6. The summed E-state index contributed by atoms with van der Waals surface area (Å²) in [5.41, 5.74) is 1.23. The molecule has 1 N–H and O–H groups in total. The molecule has 0 aliphatic carbocycles. The molecule has 1 rings (SSSR count). The van der Waals surface area contributed by atoms with E-state index in [0.717, 1.165) is 5.69 Å². The number of hydrogen-bond acceptors (Lipinski definition) is 3. The first kappa shape index (κ1) is 15.4. The number of nitrogens with zero attached hydrogens (tertiary/aromatic N) is 2. The van der Waals surface area contributed by atoms with Crippen molar-refractivity contribution >= 4 is 40.9 Å². The monoisotopic (exact) mass is 298 g/mol. The second kappa shape index (κ2) is 7.67. The normalized spacial score (nSPS) is 10.9. The molecule has 0 spiro atoms. The van der Waals surface area contributed by atoms with Crippen molar-refractivity contribution in [3.63, 3.8) is 0 Å². The SMILES string of the molecule is N#CC(=Cc1ccc(N(CCl)CCCl)cc1)C(=O)O. The highest BCUT2D eigenvalue weighted by Crippen LogP contribution is 2.17. The Hall–Kier alpha value is -1.70. The third kappa shape index (κ3) is 4.47. The number of rotatable bonds is 6. The molecule has 0 saturated heterocycles. The molecular formula is C13H12Cl2N2O2. The van der Waals surface area contributed by atoms with Gasteiger partial charge in [-0.25, -0.2) is 4.79 Å². The van der Waals surface area contributed by atoms with Gasteiger partial charge >= 0.3 is 5.97 Å². The molecule has 6 heteroatoms. The minimum atomic E-state index is -1.24. The number of halogens is 2. The van der Waals surface area contributed by atoms with Crippen LogP contribution in [0.4, 0.5) is 5.69 Å². The van der Waals surface area contributed by atoms with E-state index in [9.17, 15) is 4.79 Å². The van der Waals surface area contributed by atoms with Crippen LogP contribution >= 0.6 is 23.2 Å². The molecule has 0 bridgehead atoms. The van der Waals surface area contributed by atoms with Crippen LogP contribution in [0.3, 0.4) is 0 Å². The van der Waals surface area contributed by atoms with E-state index in [-0.39, 0.29) is 5.57 Å². The Kier molecular flexibility index (Phi) is 6.20. The lowest BCUT2D eigenvalue weighted by Crippen LogP contribution is -2.23. The first-order valence-electron chi connectivity index (χ1n) is 5.44. The maximum Gasteiger partial charge on any atom is 0.346 e. The molecule has 0 fully saturated rings.